The molecular weight excluding hydrogens is 257 g/mol. The molecule has 1 amide bonds. The SMILES string of the molecule is CNc1ccc(C(=O)NC(C)(C)C)cc1C(F)(F)F. The minimum atomic E-state index is -4.50. The van der Waals surface area contributed by atoms with Crippen molar-refractivity contribution in [1.29, 1.82) is 0 Å². The van der Waals surface area contributed by atoms with Gasteiger partial charge in [-0.15, -0.1) is 0 Å². The molecular formula is C13H17F3N2O. The van der Waals surface area contributed by atoms with E-state index in [0.29, 0.717) is 0 Å². The van der Waals surface area contributed by atoms with Gasteiger partial charge >= 0.3 is 6.18 Å². The monoisotopic (exact) mass is 274 g/mol. The summed E-state index contributed by atoms with van der Waals surface area (Å²) in [5.41, 5.74) is -1.42. The van der Waals surface area contributed by atoms with Crippen molar-refractivity contribution >= 4 is 11.6 Å². The molecule has 0 spiro atoms. The van der Waals surface area contributed by atoms with E-state index in [0.717, 1.165) is 6.07 Å². The molecule has 3 nitrogen and oxygen atoms in total. The van der Waals surface area contributed by atoms with Crippen LogP contribution < -0.4 is 10.6 Å². The second kappa shape index (κ2) is 5.11. The second-order valence-electron chi connectivity index (χ2n) is 5.21. The maximum atomic E-state index is 12.8. The Morgan fingerprint density at radius 3 is 2.16 bits per heavy atom. The van der Waals surface area contributed by atoms with Gasteiger partial charge in [0.25, 0.3) is 5.91 Å². The maximum absolute atomic E-state index is 12.8. The number of nitrogens with one attached hydrogen (secondary N) is 2. The predicted molar refractivity (Wildman–Crippen MR) is 68.2 cm³/mol. The highest BCUT2D eigenvalue weighted by Gasteiger charge is 2.34. The number of halogens is 3. The molecule has 106 valence electrons. The lowest BCUT2D eigenvalue weighted by Crippen LogP contribution is -2.40. The van der Waals surface area contributed by atoms with Crippen molar-refractivity contribution in [3.63, 3.8) is 0 Å². The maximum Gasteiger partial charge on any atom is 0.418 e. The number of alkyl halides is 3. The average Bonchev–Trinajstić information content (AvgIpc) is 2.24. The number of benzene rings is 1. The fourth-order valence-corrected chi connectivity index (χ4v) is 1.55. The van der Waals surface area contributed by atoms with Gasteiger partial charge in [-0.1, -0.05) is 0 Å². The Labute approximate surface area is 110 Å². The summed E-state index contributed by atoms with van der Waals surface area (Å²) in [4.78, 5) is 11.8. The zero-order valence-corrected chi connectivity index (χ0v) is 11.3. The molecule has 0 aliphatic heterocycles. The summed E-state index contributed by atoms with van der Waals surface area (Å²) in [6.07, 6.45) is -4.50. The summed E-state index contributed by atoms with van der Waals surface area (Å²) in [5, 5.41) is 5.09. The summed E-state index contributed by atoms with van der Waals surface area (Å²) >= 11 is 0. The van der Waals surface area contributed by atoms with Gasteiger partial charge in [0.1, 0.15) is 0 Å². The molecule has 19 heavy (non-hydrogen) atoms. The topological polar surface area (TPSA) is 41.1 Å². The van der Waals surface area contributed by atoms with Gasteiger partial charge < -0.3 is 10.6 Å². The molecule has 0 saturated heterocycles. The minimum Gasteiger partial charge on any atom is -0.388 e. The van der Waals surface area contributed by atoms with Crippen LogP contribution in [0.3, 0.4) is 0 Å². The van der Waals surface area contributed by atoms with Gasteiger partial charge in [0.15, 0.2) is 0 Å². The molecule has 1 rings (SSSR count). The molecule has 6 heteroatoms. The Morgan fingerprint density at radius 1 is 1.16 bits per heavy atom. The van der Waals surface area contributed by atoms with Crippen LogP contribution in [-0.4, -0.2) is 18.5 Å². The van der Waals surface area contributed by atoms with E-state index in [1.807, 2.05) is 0 Å². The molecule has 0 radical (unpaired) electrons. The molecule has 2 N–H and O–H groups in total. The van der Waals surface area contributed by atoms with Crippen LogP contribution in [0.15, 0.2) is 18.2 Å². The van der Waals surface area contributed by atoms with Gasteiger partial charge in [-0.3, -0.25) is 4.79 Å². The zero-order chi connectivity index (χ0) is 14.8. The zero-order valence-electron chi connectivity index (χ0n) is 11.3. The quantitative estimate of drug-likeness (QED) is 0.869. The van der Waals surface area contributed by atoms with Crippen LogP contribution in [0, 0.1) is 0 Å². The van der Waals surface area contributed by atoms with E-state index in [2.05, 4.69) is 10.6 Å². The number of anilines is 1. The largest absolute Gasteiger partial charge is 0.418 e. The van der Waals surface area contributed by atoms with Gasteiger partial charge in [-0.25, -0.2) is 0 Å². The summed E-state index contributed by atoms with van der Waals surface area (Å²) in [5.74, 6) is -0.527. The van der Waals surface area contributed by atoms with E-state index in [1.54, 1.807) is 20.8 Å². The smallest absolute Gasteiger partial charge is 0.388 e. The number of rotatable bonds is 2. The fourth-order valence-electron chi connectivity index (χ4n) is 1.55. The van der Waals surface area contributed by atoms with Crippen LogP contribution in [0.4, 0.5) is 18.9 Å². The molecule has 1 aromatic carbocycles. The lowest BCUT2D eigenvalue weighted by atomic mass is 10.0. The highest BCUT2D eigenvalue weighted by Crippen LogP contribution is 2.35. The predicted octanol–water partition coefficient (Wildman–Crippen LogP) is 3.28. The number of hydrogen-bond acceptors (Lipinski definition) is 2. The van der Waals surface area contributed by atoms with E-state index in [9.17, 15) is 18.0 Å². The van der Waals surface area contributed by atoms with E-state index >= 15 is 0 Å². The standard InChI is InChI=1S/C13H17F3N2O/c1-12(2,3)18-11(19)8-5-6-10(17-4)9(7-8)13(14,15)16/h5-7,17H,1-4H3,(H,18,19). The van der Waals surface area contributed by atoms with Crippen LogP contribution in [0.1, 0.15) is 36.7 Å². The lowest BCUT2D eigenvalue weighted by molar-refractivity contribution is -0.136. The number of hydrogen-bond donors (Lipinski definition) is 2. The van der Waals surface area contributed by atoms with E-state index < -0.39 is 23.2 Å². The van der Waals surface area contributed by atoms with Gasteiger partial charge in [0.2, 0.25) is 0 Å². The first kappa shape index (κ1) is 15.3. The van der Waals surface area contributed by atoms with Gasteiger partial charge in [-0.05, 0) is 39.0 Å². The van der Waals surface area contributed by atoms with Crippen molar-refractivity contribution in [3.05, 3.63) is 29.3 Å². The molecule has 0 atom stereocenters. The van der Waals surface area contributed by atoms with Gasteiger partial charge in [0.05, 0.1) is 5.56 Å². The Morgan fingerprint density at radius 2 is 1.74 bits per heavy atom. The molecule has 0 heterocycles. The Kier molecular flexibility index (Phi) is 4.12. The number of carbonyl (C=O) groups is 1. The Bertz CT molecular complexity index is 476. The molecule has 0 unspecified atom stereocenters. The minimum absolute atomic E-state index is 0.0127. The van der Waals surface area contributed by atoms with Crippen LogP contribution in [0.5, 0.6) is 0 Å². The molecule has 1 aromatic rings. The normalized spacial score (nSPS) is 12.2. The van der Waals surface area contributed by atoms with Crippen molar-refractivity contribution < 1.29 is 18.0 Å². The van der Waals surface area contributed by atoms with E-state index in [4.69, 9.17) is 0 Å². The first-order valence-electron chi connectivity index (χ1n) is 5.76. The third-order valence-corrected chi connectivity index (χ3v) is 2.35. The molecule has 0 aliphatic rings. The van der Waals surface area contributed by atoms with E-state index in [-0.39, 0.29) is 11.3 Å². The van der Waals surface area contributed by atoms with Crippen LogP contribution in [-0.2, 0) is 6.18 Å². The lowest BCUT2D eigenvalue weighted by Gasteiger charge is -2.21. The van der Waals surface area contributed by atoms with Crippen molar-refractivity contribution in [2.24, 2.45) is 0 Å². The van der Waals surface area contributed by atoms with Crippen LogP contribution >= 0.6 is 0 Å². The average molecular weight is 274 g/mol. The molecule has 0 bridgehead atoms. The Balaban J connectivity index is 3.16. The third kappa shape index (κ3) is 4.15. The second-order valence-corrected chi connectivity index (χ2v) is 5.21. The van der Waals surface area contributed by atoms with Crippen molar-refractivity contribution in [3.8, 4) is 0 Å². The van der Waals surface area contributed by atoms with E-state index in [1.165, 1.54) is 19.2 Å². The highest BCUT2D eigenvalue weighted by atomic mass is 19.4. The summed E-state index contributed by atoms with van der Waals surface area (Å²) in [6.45, 7) is 5.28. The third-order valence-electron chi connectivity index (χ3n) is 2.35. The number of carbonyl (C=O) groups excluding carboxylic acids is 1. The molecule has 0 aromatic heterocycles. The van der Waals surface area contributed by atoms with Crippen molar-refractivity contribution in [2.75, 3.05) is 12.4 Å². The summed E-state index contributed by atoms with van der Waals surface area (Å²) in [6, 6.07) is 3.47. The summed E-state index contributed by atoms with van der Waals surface area (Å²) in [7, 11) is 1.40. The Hall–Kier alpha value is -1.72. The first-order valence-corrected chi connectivity index (χ1v) is 5.76. The molecule has 0 fully saturated rings. The van der Waals surface area contributed by atoms with Crippen LogP contribution in [0.2, 0.25) is 0 Å². The highest BCUT2D eigenvalue weighted by molar-refractivity contribution is 5.95. The van der Waals surface area contributed by atoms with Crippen LogP contribution in [0.25, 0.3) is 0 Å². The molecule has 0 saturated carbocycles. The molecule has 0 aliphatic carbocycles. The fraction of sp³-hybridized carbons (Fsp3) is 0.462. The summed E-state index contributed by atoms with van der Waals surface area (Å²) < 4.78 is 38.5. The van der Waals surface area contributed by atoms with Crippen molar-refractivity contribution in [1.82, 2.24) is 5.32 Å². The van der Waals surface area contributed by atoms with Crippen molar-refractivity contribution in [2.45, 2.75) is 32.5 Å². The van der Waals surface area contributed by atoms with Gasteiger partial charge in [-0.2, -0.15) is 13.2 Å². The first-order chi connectivity index (χ1) is 8.54. The number of amides is 1. The van der Waals surface area contributed by atoms with Gasteiger partial charge in [0, 0.05) is 23.8 Å².